The Bertz CT molecular complexity index is 409. The van der Waals surface area contributed by atoms with Crippen LogP contribution in [0.25, 0.3) is 0 Å². The highest BCUT2D eigenvalue weighted by Crippen LogP contribution is 2.18. The molecule has 3 N–H and O–H groups in total. The zero-order chi connectivity index (χ0) is 15.2. The number of hydrogen-bond donors (Lipinski definition) is 3. The second kappa shape index (κ2) is 7.40. The smallest absolute Gasteiger partial charge is 0.321 e. The monoisotopic (exact) mass is 298 g/mol. The number of esters is 1. The molecule has 1 aliphatic heterocycles. The Morgan fingerprint density at radius 1 is 1.24 bits per heavy atom. The van der Waals surface area contributed by atoms with E-state index in [0.29, 0.717) is 13.2 Å². The summed E-state index contributed by atoms with van der Waals surface area (Å²) in [6, 6.07) is -0.186. The lowest BCUT2D eigenvalue weighted by molar-refractivity contribution is -0.899. The molecule has 7 nitrogen and oxygen atoms in total. The second-order valence-corrected chi connectivity index (χ2v) is 5.77. The first kappa shape index (κ1) is 15.8. The van der Waals surface area contributed by atoms with Crippen molar-refractivity contribution in [2.45, 2.75) is 38.6 Å². The van der Waals surface area contributed by atoms with E-state index in [1.165, 1.54) is 0 Å². The Balaban J connectivity index is 1.72. The van der Waals surface area contributed by atoms with E-state index in [1.54, 1.807) is 6.92 Å². The van der Waals surface area contributed by atoms with Gasteiger partial charge in [-0.2, -0.15) is 0 Å². The molecule has 0 spiro atoms. The average Bonchev–Trinajstić information content (AvgIpc) is 3.22. The predicted octanol–water partition coefficient (Wildman–Crippen LogP) is -1.17. The summed E-state index contributed by atoms with van der Waals surface area (Å²) in [5.74, 6) is -0.615. The maximum absolute atomic E-state index is 11.8. The van der Waals surface area contributed by atoms with E-state index in [9.17, 15) is 14.4 Å². The minimum absolute atomic E-state index is 0.137. The van der Waals surface area contributed by atoms with Crippen LogP contribution in [0.15, 0.2) is 0 Å². The number of quaternary nitrogens is 1. The van der Waals surface area contributed by atoms with Crippen LogP contribution in [0.2, 0.25) is 0 Å². The molecule has 2 aliphatic rings. The van der Waals surface area contributed by atoms with Gasteiger partial charge in [0, 0.05) is 6.04 Å². The Morgan fingerprint density at radius 3 is 2.67 bits per heavy atom. The first-order valence-corrected chi connectivity index (χ1v) is 7.69. The van der Waals surface area contributed by atoms with Gasteiger partial charge >= 0.3 is 12.0 Å². The van der Waals surface area contributed by atoms with Crippen molar-refractivity contribution in [1.29, 1.82) is 0 Å². The van der Waals surface area contributed by atoms with Crippen LogP contribution in [-0.4, -0.2) is 50.2 Å². The van der Waals surface area contributed by atoms with Crippen molar-refractivity contribution in [3.63, 3.8) is 0 Å². The Labute approximate surface area is 124 Å². The summed E-state index contributed by atoms with van der Waals surface area (Å²) in [7, 11) is 0. The van der Waals surface area contributed by atoms with E-state index < -0.39 is 6.03 Å². The van der Waals surface area contributed by atoms with Gasteiger partial charge < -0.3 is 15.0 Å². The minimum Gasteiger partial charge on any atom is -0.466 e. The topological polar surface area (TPSA) is 88.9 Å². The summed E-state index contributed by atoms with van der Waals surface area (Å²) in [5.41, 5.74) is 0. The van der Waals surface area contributed by atoms with Gasteiger partial charge in [-0.05, 0) is 32.6 Å². The largest absolute Gasteiger partial charge is 0.466 e. The van der Waals surface area contributed by atoms with Crippen LogP contribution in [0, 0.1) is 5.92 Å². The fourth-order valence-corrected chi connectivity index (χ4v) is 2.62. The van der Waals surface area contributed by atoms with Crippen LogP contribution in [0.4, 0.5) is 4.79 Å². The number of amides is 3. The van der Waals surface area contributed by atoms with Crippen LogP contribution < -0.4 is 15.5 Å². The third-order valence-corrected chi connectivity index (χ3v) is 3.81. The SMILES string of the molecule is CCOC(=O)[C@H]1CCC[NH+](CC(=O)NC(=O)NC2CC2)C1. The molecule has 1 heterocycles. The van der Waals surface area contributed by atoms with E-state index in [2.05, 4.69) is 10.6 Å². The van der Waals surface area contributed by atoms with Gasteiger partial charge in [-0.25, -0.2) is 4.79 Å². The van der Waals surface area contributed by atoms with Gasteiger partial charge in [-0.15, -0.1) is 0 Å². The molecule has 2 atom stereocenters. The molecule has 1 unspecified atom stereocenters. The molecule has 7 heteroatoms. The number of rotatable bonds is 5. The number of imide groups is 1. The lowest BCUT2D eigenvalue weighted by atomic mass is 9.98. The highest BCUT2D eigenvalue weighted by Gasteiger charge is 2.31. The molecule has 118 valence electrons. The van der Waals surface area contributed by atoms with Crippen LogP contribution in [0.3, 0.4) is 0 Å². The molecule has 0 aromatic heterocycles. The molecular formula is C14H24N3O4+. The van der Waals surface area contributed by atoms with Gasteiger partial charge in [0.05, 0.1) is 19.7 Å². The van der Waals surface area contributed by atoms with Gasteiger partial charge in [-0.3, -0.25) is 14.9 Å². The lowest BCUT2D eigenvalue weighted by Gasteiger charge is -2.28. The number of nitrogens with one attached hydrogen (secondary N) is 3. The third kappa shape index (κ3) is 5.34. The van der Waals surface area contributed by atoms with E-state index in [4.69, 9.17) is 4.74 Å². The van der Waals surface area contributed by atoms with Gasteiger partial charge in [0.2, 0.25) is 0 Å². The summed E-state index contributed by atoms with van der Waals surface area (Å²) in [4.78, 5) is 36.1. The molecule has 0 aromatic carbocycles. The fourth-order valence-electron chi connectivity index (χ4n) is 2.62. The predicted molar refractivity (Wildman–Crippen MR) is 74.6 cm³/mol. The van der Waals surface area contributed by atoms with Gasteiger partial charge in [0.25, 0.3) is 5.91 Å². The standard InChI is InChI=1S/C14H23N3O4/c1-2-21-13(19)10-4-3-7-17(8-10)9-12(18)16-14(20)15-11-5-6-11/h10-11H,2-9H2,1H3,(H2,15,16,18,20)/p+1/t10-/m0/s1. The van der Waals surface area contributed by atoms with Gasteiger partial charge in [-0.1, -0.05) is 0 Å². The molecular weight excluding hydrogens is 274 g/mol. The number of carbonyl (C=O) groups excluding carboxylic acids is 3. The van der Waals surface area contributed by atoms with E-state index in [-0.39, 0.29) is 30.4 Å². The van der Waals surface area contributed by atoms with Crippen molar-refractivity contribution >= 4 is 17.9 Å². The molecule has 2 rings (SSSR count). The number of piperidine rings is 1. The number of carbonyl (C=O) groups is 3. The lowest BCUT2D eigenvalue weighted by Crippen LogP contribution is -3.14. The second-order valence-electron chi connectivity index (χ2n) is 5.77. The Morgan fingerprint density at radius 2 is 2.00 bits per heavy atom. The first-order valence-electron chi connectivity index (χ1n) is 7.69. The molecule has 0 radical (unpaired) electrons. The molecule has 0 bridgehead atoms. The van der Waals surface area contributed by atoms with Gasteiger partial charge in [0.15, 0.2) is 6.54 Å². The summed E-state index contributed by atoms with van der Waals surface area (Å²) >= 11 is 0. The number of ether oxygens (including phenoxy) is 1. The molecule has 1 aliphatic carbocycles. The zero-order valence-electron chi connectivity index (χ0n) is 12.4. The molecule has 1 saturated carbocycles. The highest BCUT2D eigenvalue weighted by atomic mass is 16.5. The van der Waals surface area contributed by atoms with Crippen molar-refractivity contribution in [3.05, 3.63) is 0 Å². The molecule has 0 aromatic rings. The third-order valence-electron chi connectivity index (χ3n) is 3.81. The van der Waals surface area contributed by atoms with Crippen LogP contribution in [-0.2, 0) is 14.3 Å². The van der Waals surface area contributed by atoms with Crippen molar-refractivity contribution in [2.75, 3.05) is 26.2 Å². The average molecular weight is 298 g/mol. The quantitative estimate of drug-likeness (QED) is 0.558. The van der Waals surface area contributed by atoms with Crippen LogP contribution in [0.1, 0.15) is 32.6 Å². The van der Waals surface area contributed by atoms with E-state index >= 15 is 0 Å². The summed E-state index contributed by atoms with van der Waals surface area (Å²) in [6.45, 7) is 3.82. The van der Waals surface area contributed by atoms with Crippen molar-refractivity contribution < 1.29 is 24.0 Å². The molecule has 21 heavy (non-hydrogen) atoms. The first-order chi connectivity index (χ1) is 10.1. The fraction of sp³-hybridized carbons (Fsp3) is 0.786. The minimum atomic E-state index is -0.416. The number of hydrogen-bond acceptors (Lipinski definition) is 4. The van der Waals surface area contributed by atoms with Crippen LogP contribution >= 0.6 is 0 Å². The summed E-state index contributed by atoms with van der Waals surface area (Å²) < 4.78 is 5.03. The van der Waals surface area contributed by atoms with Crippen molar-refractivity contribution in [3.8, 4) is 0 Å². The zero-order valence-corrected chi connectivity index (χ0v) is 12.4. The van der Waals surface area contributed by atoms with Crippen molar-refractivity contribution in [1.82, 2.24) is 10.6 Å². The van der Waals surface area contributed by atoms with Gasteiger partial charge in [0.1, 0.15) is 5.92 Å². The van der Waals surface area contributed by atoms with E-state index in [1.807, 2.05) is 0 Å². The normalized spacial score (nSPS) is 25.0. The maximum Gasteiger partial charge on any atom is 0.321 e. The molecule has 1 saturated heterocycles. The number of likely N-dealkylation sites (tertiary alicyclic amines) is 1. The van der Waals surface area contributed by atoms with Crippen molar-refractivity contribution in [2.24, 2.45) is 5.92 Å². The molecule has 3 amide bonds. The number of urea groups is 1. The Kier molecular flexibility index (Phi) is 5.55. The maximum atomic E-state index is 11.8. The summed E-state index contributed by atoms with van der Waals surface area (Å²) in [5, 5.41) is 5.05. The highest BCUT2D eigenvalue weighted by molar-refractivity contribution is 5.94. The molecule has 2 fully saturated rings. The summed E-state index contributed by atoms with van der Waals surface area (Å²) in [6.07, 6.45) is 3.67. The van der Waals surface area contributed by atoms with E-state index in [0.717, 1.165) is 37.1 Å². The Hall–Kier alpha value is -1.63. The van der Waals surface area contributed by atoms with Crippen LogP contribution in [0.5, 0.6) is 0 Å².